The molecule has 0 saturated heterocycles. The number of aromatic nitrogens is 3. The first kappa shape index (κ1) is 20.2. The molecule has 2 aromatic rings. The highest BCUT2D eigenvalue weighted by atomic mass is 35.5. The van der Waals surface area contributed by atoms with Crippen LogP contribution in [0.2, 0.25) is 5.02 Å². The number of hydrogen-bond donors (Lipinski definition) is 2. The van der Waals surface area contributed by atoms with Crippen molar-refractivity contribution in [3.05, 3.63) is 47.0 Å². The highest BCUT2D eigenvalue weighted by molar-refractivity contribution is 6.30. The van der Waals surface area contributed by atoms with Crippen molar-refractivity contribution in [3.63, 3.8) is 0 Å². The molecule has 1 heterocycles. The van der Waals surface area contributed by atoms with Crippen LogP contribution in [0.25, 0.3) is 0 Å². The smallest absolute Gasteiger partial charge is 0.191 e. The van der Waals surface area contributed by atoms with E-state index in [0.717, 1.165) is 49.3 Å². The van der Waals surface area contributed by atoms with Crippen molar-refractivity contribution < 1.29 is 0 Å². The van der Waals surface area contributed by atoms with E-state index in [4.69, 9.17) is 11.6 Å². The van der Waals surface area contributed by atoms with Gasteiger partial charge in [0.1, 0.15) is 12.2 Å². The average molecular weight is 377 g/mol. The Hall–Kier alpha value is -2.08. The maximum atomic E-state index is 6.09. The van der Waals surface area contributed by atoms with E-state index in [1.54, 1.807) is 13.4 Å². The maximum Gasteiger partial charge on any atom is 0.191 e. The third-order valence-corrected chi connectivity index (χ3v) is 4.42. The van der Waals surface area contributed by atoms with Gasteiger partial charge in [0.2, 0.25) is 0 Å². The Morgan fingerprint density at radius 3 is 2.81 bits per heavy atom. The normalized spacial score (nSPS) is 12.3. The lowest BCUT2D eigenvalue weighted by Crippen LogP contribution is -2.43. The quantitative estimate of drug-likeness (QED) is 0.549. The fourth-order valence-electron chi connectivity index (χ4n) is 2.84. The van der Waals surface area contributed by atoms with Crippen LogP contribution >= 0.6 is 11.6 Å². The molecule has 0 aliphatic heterocycles. The molecular formula is C19H29ClN6. The van der Waals surface area contributed by atoms with Gasteiger partial charge < -0.3 is 15.2 Å². The molecule has 0 fully saturated rings. The zero-order chi connectivity index (χ0) is 19.0. The van der Waals surface area contributed by atoms with Crippen LogP contribution in [-0.4, -0.2) is 40.9 Å². The summed E-state index contributed by atoms with van der Waals surface area (Å²) in [6.45, 7) is 8.93. The van der Waals surface area contributed by atoms with Crippen molar-refractivity contribution in [2.45, 2.75) is 40.2 Å². The van der Waals surface area contributed by atoms with Crippen LogP contribution in [0, 0.1) is 5.41 Å². The molecule has 0 radical (unpaired) electrons. The average Bonchev–Trinajstić information content (AvgIpc) is 3.05. The van der Waals surface area contributed by atoms with Gasteiger partial charge in [0.25, 0.3) is 0 Å². The topological polar surface area (TPSA) is 67.1 Å². The van der Waals surface area contributed by atoms with E-state index in [0.29, 0.717) is 0 Å². The van der Waals surface area contributed by atoms with Crippen LogP contribution in [0.5, 0.6) is 0 Å². The second-order valence-electron chi connectivity index (χ2n) is 7.12. The Labute approximate surface area is 161 Å². The lowest BCUT2D eigenvalue weighted by atomic mass is 9.86. The molecule has 2 N–H and O–H groups in total. The minimum Gasteiger partial charge on any atom is -0.356 e. The molecule has 0 aliphatic rings. The van der Waals surface area contributed by atoms with Crippen molar-refractivity contribution >= 4 is 17.6 Å². The van der Waals surface area contributed by atoms with E-state index in [9.17, 15) is 0 Å². The summed E-state index contributed by atoms with van der Waals surface area (Å²) in [6, 6.07) is 8.05. The second kappa shape index (κ2) is 9.57. The fraction of sp³-hybridized carbons (Fsp3) is 0.526. The number of nitrogens with one attached hydrogen (secondary N) is 2. The van der Waals surface area contributed by atoms with Gasteiger partial charge in [-0.15, -0.1) is 10.2 Å². The Morgan fingerprint density at radius 1 is 1.31 bits per heavy atom. The molecule has 0 saturated carbocycles. The molecule has 2 rings (SSSR count). The molecule has 0 aliphatic carbocycles. The summed E-state index contributed by atoms with van der Waals surface area (Å²) < 4.78 is 2.06. The molecule has 1 aromatic heterocycles. The molecule has 1 aromatic carbocycles. The summed E-state index contributed by atoms with van der Waals surface area (Å²) in [6.07, 6.45) is 3.59. The lowest BCUT2D eigenvalue weighted by molar-refractivity contribution is 0.359. The summed E-state index contributed by atoms with van der Waals surface area (Å²) in [5, 5.41) is 15.6. The number of benzene rings is 1. The van der Waals surface area contributed by atoms with Crippen molar-refractivity contribution in [2.24, 2.45) is 10.4 Å². The Balaban J connectivity index is 1.80. The molecule has 0 amide bonds. The monoisotopic (exact) mass is 376 g/mol. The standard InChI is InChI=1S/C19H29ClN6/c1-5-17-25-24-14-26(17)10-9-22-18(21-4)23-13-19(2,3)12-15-7-6-8-16(20)11-15/h6-8,11,14H,5,9-10,12-13H2,1-4H3,(H2,21,22,23). The summed E-state index contributed by atoms with van der Waals surface area (Å²) in [7, 11) is 1.79. The molecule has 142 valence electrons. The second-order valence-corrected chi connectivity index (χ2v) is 7.55. The van der Waals surface area contributed by atoms with Gasteiger partial charge in [0.05, 0.1) is 0 Å². The zero-order valence-electron chi connectivity index (χ0n) is 16.1. The lowest BCUT2D eigenvalue weighted by Gasteiger charge is -2.26. The minimum atomic E-state index is 0.0753. The first-order valence-electron chi connectivity index (χ1n) is 8.99. The highest BCUT2D eigenvalue weighted by Crippen LogP contribution is 2.22. The molecule has 0 bridgehead atoms. The zero-order valence-corrected chi connectivity index (χ0v) is 16.8. The summed E-state index contributed by atoms with van der Waals surface area (Å²) in [5.41, 5.74) is 1.32. The summed E-state index contributed by atoms with van der Waals surface area (Å²) >= 11 is 6.09. The van der Waals surface area contributed by atoms with Gasteiger partial charge in [-0.05, 0) is 29.5 Å². The van der Waals surface area contributed by atoms with Crippen LogP contribution in [0.15, 0.2) is 35.6 Å². The number of halogens is 1. The van der Waals surface area contributed by atoms with Crippen LogP contribution in [0.4, 0.5) is 0 Å². The number of nitrogens with zero attached hydrogens (tertiary/aromatic N) is 4. The van der Waals surface area contributed by atoms with E-state index >= 15 is 0 Å². The SMILES string of the molecule is CCc1nncn1CCNC(=NC)NCC(C)(C)Cc1cccc(Cl)c1. The van der Waals surface area contributed by atoms with Gasteiger partial charge in [-0.25, -0.2) is 0 Å². The summed E-state index contributed by atoms with van der Waals surface area (Å²) in [5.74, 6) is 1.80. The van der Waals surface area contributed by atoms with Crippen LogP contribution in [-0.2, 0) is 19.4 Å². The van der Waals surface area contributed by atoms with Gasteiger partial charge in [0.15, 0.2) is 5.96 Å². The van der Waals surface area contributed by atoms with Gasteiger partial charge >= 0.3 is 0 Å². The molecule has 26 heavy (non-hydrogen) atoms. The molecule has 0 unspecified atom stereocenters. The van der Waals surface area contributed by atoms with E-state index in [1.165, 1.54) is 5.56 Å². The third-order valence-electron chi connectivity index (χ3n) is 4.19. The van der Waals surface area contributed by atoms with E-state index < -0.39 is 0 Å². The molecular weight excluding hydrogens is 348 g/mol. The van der Waals surface area contributed by atoms with Crippen LogP contribution in [0.1, 0.15) is 32.2 Å². The number of guanidine groups is 1. The fourth-order valence-corrected chi connectivity index (χ4v) is 3.05. The predicted octanol–water partition coefficient (Wildman–Crippen LogP) is 2.93. The number of rotatable bonds is 8. The van der Waals surface area contributed by atoms with Gasteiger partial charge in [-0.2, -0.15) is 0 Å². The van der Waals surface area contributed by atoms with Crippen LogP contribution < -0.4 is 10.6 Å². The van der Waals surface area contributed by atoms with Crippen molar-refractivity contribution in [3.8, 4) is 0 Å². The largest absolute Gasteiger partial charge is 0.356 e. The molecule has 0 atom stereocenters. The van der Waals surface area contributed by atoms with E-state index in [-0.39, 0.29) is 5.41 Å². The highest BCUT2D eigenvalue weighted by Gasteiger charge is 2.19. The van der Waals surface area contributed by atoms with Gasteiger partial charge in [-0.1, -0.05) is 44.5 Å². The van der Waals surface area contributed by atoms with E-state index in [1.807, 2.05) is 18.2 Å². The molecule has 6 nitrogen and oxygen atoms in total. The Morgan fingerprint density at radius 2 is 2.12 bits per heavy atom. The number of hydrogen-bond acceptors (Lipinski definition) is 3. The van der Waals surface area contributed by atoms with Crippen molar-refractivity contribution in [2.75, 3.05) is 20.1 Å². The van der Waals surface area contributed by atoms with E-state index in [2.05, 4.69) is 57.2 Å². The Bertz CT molecular complexity index is 722. The first-order valence-corrected chi connectivity index (χ1v) is 9.37. The summed E-state index contributed by atoms with van der Waals surface area (Å²) in [4.78, 5) is 4.31. The van der Waals surface area contributed by atoms with Crippen LogP contribution in [0.3, 0.4) is 0 Å². The van der Waals surface area contributed by atoms with Gasteiger partial charge in [-0.3, -0.25) is 4.99 Å². The van der Waals surface area contributed by atoms with Gasteiger partial charge in [0, 0.05) is 38.1 Å². The predicted molar refractivity (Wildman–Crippen MR) is 108 cm³/mol. The molecule has 7 heteroatoms. The first-order chi connectivity index (χ1) is 12.4. The molecule has 0 spiro atoms. The number of aliphatic imine (C=N–C) groups is 1. The van der Waals surface area contributed by atoms with Crippen molar-refractivity contribution in [1.29, 1.82) is 0 Å². The minimum absolute atomic E-state index is 0.0753. The van der Waals surface area contributed by atoms with Crippen molar-refractivity contribution in [1.82, 2.24) is 25.4 Å². The maximum absolute atomic E-state index is 6.09. The third kappa shape index (κ3) is 6.33. The number of aryl methyl sites for hydroxylation is 1. The Kier molecular flexibility index (Phi) is 7.45.